The predicted molar refractivity (Wildman–Crippen MR) is 107 cm³/mol. The molecular weight excluding hydrogens is 421 g/mol. The standard InChI is InChI=1S/C20H16ClF3N4O2/c21-13-6-5-12(20(22,23)24)11-16(13)27-19(29)17-18(28-7-9-30-10-8-28)26-15-4-2-1-3-14(15)25-17/h1-6,11H,7-10H2,(H,27,29). The number of amides is 1. The van der Waals surface area contributed by atoms with Gasteiger partial charge in [-0.05, 0) is 30.3 Å². The van der Waals surface area contributed by atoms with Crippen LogP contribution in [0.1, 0.15) is 16.1 Å². The lowest BCUT2D eigenvalue weighted by Crippen LogP contribution is -2.38. The van der Waals surface area contributed by atoms with Gasteiger partial charge in [0.1, 0.15) is 0 Å². The fourth-order valence-electron chi connectivity index (χ4n) is 3.12. The van der Waals surface area contributed by atoms with Crippen molar-refractivity contribution in [3.05, 3.63) is 58.7 Å². The van der Waals surface area contributed by atoms with E-state index in [1.165, 1.54) is 0 Å². The summed E-state index contributed by atoms with van der Waals surface area (Å²) in [6.07, 6.45) is -4.56. The van der Waals surface area contributed by atoms with E-state index in [9.17, 15) is 18.0 Å². The van der Waals surface area contributed by atoms with Gasteiger partial charge in [0.2, 0.25) is 0 Å². The first-order valence-corrected chi connectivity index (χ1v) is 9.48. The molecule has 156 valence electrons. The van der Waals surface area contributed by atoms with Crippen molar-refractivity contribution in [1.82, 2.24) is 9.97 Å². The van der Waals surface area contributed by atoms with Crippen molar-refractivity contribution in [2.24, 2.45) is 0 Å². The number of hydrogen-bond acceptors (Lipinski definition) is 5. The maximum Gasteiger partial charge on any atom is 0.416 e. The van der Waals surface area contributed by atoms with Gasteiger partial charge < -0.3 is 15.0 Å². The van der Waals surface area contributed by atoms with E-state index in [0.717, 1.165) is 18.2 Å². The lowest BCUT2D eigenvalue weighted by molar-refractivity contribution is -0.137. The fraction of sp³-hybridized carbons (Fsp3) is 0.250. The molecule has 0 unspecified atom stereocenters. The second kappa shape index (κ2) is 8.08. The van der Waals surface area contributed by atoms with Crippen LogP contribution in [-0.2, 0) is 10.9 Å². The van der Waals surface area contributed by atoms with Gasteiger partial charge in [-0.15, -0.1) is 0 Å². The first-order chi connectivity index (χ1) is 14.3. The largest absolute Gasteiger partial charge is 0.416 e. The van der Waals surface area contributed by atoms with Crippen molar-refractivity contribution < 1.29 is 22.7 Å². The summed E-state index contributed by atoms with van der Waals surface area (Å²) in [5.74, 6) is -0.353. The van der Waals surface area contributed by atoms with E-state index in [1.807, 2.05) is 11.0 Å². The lowest BCUT2D eigenvalue weighted by Gasteiger charge is -2.29. The molecule has 1 amide bonds. The molecule has 0 atom stereocenters. The number of aromatic nitrogens is 2. The molecule has 2 heterocycles. The summed E-state index contributed by atoms with van der Waals surface area (Å²) in [5, 5.41) is 2.44. The van der Waals surface area contributed by atoms with Crippen LogP contribution in [0.3, 0.4) is 0 Å². The molecule has 1 aliphatic rings. The van der Waals surface area contributed by atoms with Gasteiger partial charge in [0.15, 0.2) is 11.5 Å². The lowest BCUT2D eigenvalue weighted by atomic mass is 10.2. The number of rotatable bonds is 3. The fourth-order valence-corrected chi connectivity index (χ4v) is 3.28. The van der Waals surface area contributed by atoms with E-state index >= 15 is 0 Å². The highest BCUT2D eigenvalue weighted by atomic mass is 35.5. The smallest absolute Gasteiger partial charge is 0.378 e. The summed E-state index contributed by atoms with van der Waals surface area (Å²) in [7, 11) is 0. The molecule has 4 rings (SSSR count). The molecule has 10 heteroatoms. The minimum atomic E-state index is -4.56. The maximum atomic E-state index is 13.0. The number of anilines is 2. The number of carbonyl (C=O) groups excluding carboxylic acids is 1. The van der Waals surface area contributed by atoms with Gasteiger partial charge in [-0.1, -0.05) is 23.7 Å². The van der Waals surface area contributed by atoms with Crippen molar-refractivity contribution in [3.63, 3.8) is 0 Å². The Morgan fingerprint density at radius 2 is 1.73 bits per heavy atom. The molecule has 30 heavy (non-hydrogen) atoms. The number of para-hydroxylation sites is 2. The molecule has 2 aromatic carbocycles. The number of hydrogen-bond donors (Lipinski definition) is 1. The first kappa shape index (κ1) is 20.4. The Bertz CT molecular complexity index is 1100. The van der Waals surface area contributed by atoms with Gasteiger partial charge in [-0.25, -0.2) is 9.97 Å². The van der Waals surface area contributed by atoms with Gasteiger partial charge in [-0.2, -0.15) is 13.2 Å². The van der Waals surface area contributed by atoms with Crippen LogP contribution in [0.25, 0.3) is 11.0 Å². The topological polar surface area (TPSA) is 67.4 Å². The highest BCUT2D eigenvalue weighted by Crippen LogP contribution is 2.34. The molecule has 1 aliphatic heterocycles. The molecule has 1 saturated heterocycles. The van der Waals surface area contributed by atoms with Crippen LogP contribution in [0.15, 0.2) is 42.5 Å². The Hall–Kier alpha value is -2.91. The third-order valence-corrected chi connectivity index (χ3v) is 4.95. The van der Waals surface area contributed by atoms with Crippen LogP contribution in [0.5, 0.6) is 0 Å². The van der Waals surface area contributed by atoms with Crippen LogP contribution in [0.4, 0.5) is 24.7 Å². The van der Waals surface area contributed by atoms with Gasteiger partial charge in [-0.3, -0.25) is 4.79 Å². The molecule has 0 saturated carbocycles. The second-order valence-electron chi connectivity index (χ2n) is 6.63. The van der Waals surface area contributed by atoms with Crippen LogP contribution < -0.4 is 10.2 Å². The van der Waals surface area contributed by atoms with Crippen molar-refractivity contribution in [3.8, 4) is 0 Å². The molecule has 0 spiro atoms. The Labute approximate surface area is 174 Å². The minimum Gasteiger partial charge on any atom is -0.378 e. The molecule has 6 nitrogen and oxygen atoms in total. The number of nitrogens with one attached hydrogen (secondary N) is 1. The number of benzene rings is 2. The monoisotopic (exact) mass is 436 g/mol. The summed E-state index contributed by atoms with van der Waals surface area (Å²) >= 11 is 6.02. The van der Waals surface area contributed by atoms with Gasteiger partial charge in [0.05, 0.1) is 40.5 Å². The van der Waals surface area contributed by atoms with E-state index in [4.69, 9.17) is 16.3 Å². The van der Waals surface area contributed by atoms with E-state index in [0.29, 0.717) is 43.2 Å². The van der Waals surface area contributed by atoms with Gasteiger partial charge in [0, 0.05) is 13.1 Å². The molecule has 1 fully saturated rings. The molecule has 3 aromatic rings. The zero-order valence-corrected chi connectivity index (χ0v) is 16.3. The highest BCUT2D eigenvalue weighted by Gasteiger charge is 2.31. The van der Waals surface area contributed by atoms with Crippen LogP contribution in [0.2, 0.25) is 5.02 Å². The average molecular weight is 437 g/mol. The second-order valence-corrected chi connectivity index (χ2v) is 7.04. The molecular formula is C20H16ClF3N4O2. The Morgan fingerprint density at radius 3 is 2.40 bits per heavy atom. The van der Waals surface area contributed by atoms with Crippen LogP contribution in [-0.4, -0.2) is 42.2 Å². The average Bonchev–Trinajstić information content (AvgIpc) is 2.74. The first-order valence-electron chi connectivity index (χ1n) is 9.10. The molecule has 0 bridgehead atoms. The number of carbonyl (C=O) groups is 1. The number of halogens is 4. The SMILES string of the molecule is O=C(Nc1cc(C(F)(F)F)ccc1Cl)c1nc2ccccc2nc1N1CCOCC1. The predicted octanol–water partition coefficient (Wildman–Crippen LogP) is 4.39. The van der Waals surface area contributed by atoms with Crippen LogP contribution >= 0.6 is 11.6 Å². The van der Waals surface area contributed by atoms with Crippen molar-refractivity contribution in [2.45, 2.75) is 6.18 Å². The highest BCUT2D eigenvalue weighted by molar-refractivity contribution is 6.34. The summed E-state index contributed by atoms with van der Waals surface area (Å²) < 4.78 is 44.5. The number of alkyl halides is 3. The number of nitrogens with zero attached hydrogens (tertiary/aromatic N) is 3. The molecule has 0 aliphatic carbocycles. The number of ether oxygens (including phenoxy) is 1. The summed E-state index contributed by atoms with van der Waals surface area (Å²) in [6.45, 7) is 1.96. The van der Waals surface area contributed by atoms with E-state index in [2.05, 4.69) is 15.3 Å². The number of morpholine rings is 1. The van der Waals surface area contributed by atoms with Crippen molar-refractivity contribution in [1.29, 1.82) is 0 Å². The third-order valence-electron chi connectivity index (χ3n) is 4.62. The number of fused-ring (bicyclic) bond motifs is 1. The third kappa shape index (κ3) is 4.17. The van der Waals surface area contributed by atoms with E-state index < -0.39 is 17.6 Å². The van der Waals surface area contributed by atoms with Gasteiger partial charge >= 0.3 is 6.18 Å². The summed E-state index contributed by atoms with van der Waals surface area (Å²) in [4.78, 5) is 23.9. The maximum absolute atomic E-state index is 13.0. The summed E-state index contributed by atoms with van der Waals surface area (Å²) in [5.41, 5.74) is 0.0334. The Morgan fingerprint density at radius 1 is 1.07 bits per heavy atom. The van der Waals surface area contributed by atoms with Gasteiger partial charge in [0.25, 0.3) is 5.91 Å². The van der Waals surface area contributed by atoms with Crippen LogP contribution in [0, 0.1) is 0 Å². The molecule has 1 aromatic heterocycles. The molecule has 0 radical (unpaired) electrons. The van der Waals surface area contributed by atoms with E-state index in [1.54, 1.807) is 18.2 Å². The zero-order valence-electron chi connectivity index (χ0n) is 15.5. The summed E-state index contributed by atoms with van der Waals surface area (Å²) in [6, 6.07) is 9.79. The quantitative estimate of drug-likeness (QED) is 0.659. The van der Waals surface area contributed by atoms with E-state index in [-0.39, 0.29) is 16.4 Å². The normalized spacial score (nSPS) is 14.7. The zero-order chi connectivity index (χ0) is 21.3. The van der Waals surface area contributed by atoms with Crippen molar-refractivity contribution in [2.75, 3.05) is 36.5 Å². The Balaban J connectivity index is 1.74. The van der Waals surface area contributed by atoms with Crippen molar-refractivity contribution >= 4 is 40.0 Å². The minimum absolute atomic E-state index is 0.00378. The Kier molecular flexibility index (Phi) is 5.48. The molecule has 1 N–H and O–H groups in total.